The van der Waals surface area contributed by atoms with Gasteiger partial charge in [-0.3, -0.25) is 0 Å². The maximum Gasteiger partial charge on any atom is 0.407 e. The molecule has 190 valence electrons. The number of nitrogens with zero attached hydrogens (tertiary/aromatic N) is 2. The third-order valence-corrected chi connectivity index (χ3v) is 5.49. The molecule has 1 aromatic rings. The highest BCUT2D eigenvalue weighted by atomic mass is 19.1. The van der Waals surface area contributed by atoms with Crippen molar-refractivity contribution in [3.63, 3.8) is 0 Å². The van der Waals surface area contributed by atoms with Crippen molar-refractivity contribution in [2.45, 2.75) is 46.6 Å². The van der Waals surface area contributed by atoms with Gasteiger partial charge >= 0.3 is 6.09 Å². The van der Waals surface area contributed by atoms with Crippen LogP contribution in [0.5, 0.6) is 0 Å². The van der Waals surface area contributed by atoms with E-state index in [4.69, 9.17) is 9.57 Å². The fraction of sp³-hybridized carbons (Fsp3) is 0.444. The third-order valence-electron chi connectivity index (χ3n) is 5.49. The lowest BCUT2D eigenvalue weighted by Gasteiger charge is -2.23. The Labute approximate surface area is 207 Å². The highest BCUT2D eigenvalue weighted by Crippen LogP contribution is 2.25. The van der Waals surface area contributed by atoms with Crippen LogP contribution in [0.4, 0.5) is 14.9 Å². The number of carbonyl (C=O) groups is 1. The Bertz CT molecular complexity index is 1030. The van der Waals surface area contributed by atoms with Crippen molar-refractivity contribution >= 4 is 11.8 Å². The molecule has 1 unspecified atom stereocenters. The number of alkyl carbamates (subject to hydrolysis) is 1. The molecule has 0 aromatic heterocycles. The minimum absolute atomic E-state index is 0.0255. The van der Waals surface area contributed by atoms with Gasteiger partial charge in [-0.15, -0.1) is 5.06 Å². The van der Waals surface area contributed by atoms with Crippen molar-refractivity contribution in [1.29, 1.82) is 0 Å². The number of hydroxylamine groups is 2. The van der Waals surface area contributed by atoms with Crippen LogP contribution in [0.3, 0.4) is 0 Å². The average molecular weight is 485 g/mol. The van der Waals surface area contributed by atoms with Crippen molar-refractivity contribution in [3.05, 3.63) is 77.6 Å². The van der Waals surface area contributed by atoms with Crippen molar-refractivity contribution in [3.8, 4) is 0 Å². The fourth-order valence-electron chi connectivity index (χ4n) is 3.91. The number of hydrogen-bond donors (Lipinski definition) is 2. The van der Waals surface area contributed by atoms with Crippen LogP contribution in [0.1, 0.15) is 39.7 Å². The number of allylic oxidation sites excluding steroid dienone is 5. The van der Waals surface area contributed by atoms with Crippen LogP contribution in [0.25, 0.3) is 0 Å². The van der Waals surface area contributed by atoms with Gasteiger partial charge in [0.1, 0.15) is 23.8 Å². The highest BCUT2D eigenvalue weighted by Gasteiger charge is 2.25. The summed E-state index contributed by atoms with van der Waals surface area (Å²) in [6, 6.07) is 5.43. The lowest BCUT2D eigenvalue weighted by atomic mass is 10.0. The summed E-state index contributed by atoms with van der Waals surface area (Å²) in [4.78, 5) is 20.2. The van der Waals surface area contributed by atoms with Gasteiger partial charge in [-0.25, -0.2) is 9.18 Å². The lowest BCUT2D eigenvalue weighted by Crippen LogP contribution is -2.35. The molecule has 3 rings (SSSR count). The van der Waals surface area contributed by atoms with E-state index in [1.807, 2.05) is 68.0 Å². The Morgan fingerprint density at radius 2 is 2.06 bits per heavy atom. The van der Waals surface area contributed by atoms with E-state index in [0.717, 1.165) is 11.4 Å². The summed E-state index contributed by atoms with van der Waals surface area (Å²) in [6.07, 6.45) is 7.94. The predicted molar refractivity (Wildman–Crippen MR) is 137 cm³/mol. The number of amides is 1. The molecule has 1 atom stereocenters. The molecule has 0 aliphatic carbocycles. The summed E-state index contributed by atoms with van der Waals surface area (Å²) in [5, 5.41) is 7.94. The predicted octanol–water partition coefficient (Wildman–Crippen LogP) is 5.14. The van der Waals surface area contributed by atoms with Crippen molar-refractivity contribution in [1.82, 2.24) is 15.7 Å². The number of rotatable bonds is 5. The minimum atomic E-state index is -0.547. The van der Waals surface area contributed by atoms with Crippen molar-refractivity contribution in [2.24, 2.45) is 5.92 Å². The molecule has 0 bridgehead atoms. The third kappa shape index (κ3) is 8.17. The average Bonchev–Trinajstić information content (AvgIpc) is 3.20. The Balaban J connectivity index is 1.65. The van der Waals surface area contributed by atoms with Gasteiger partial charge in [-0.05, 0) is 58.7 Å². The maximum absolute atomic E-state index is 14.6. The second-order valence-electron chi connectivity index (χ2n) is 9.97. The van der Waals surface area contributed by atoms with Gasteiger partial charge in [0.2, 0.25) is 0 Å². The first-order valence-corrected chi connectivity index (χ1v) is 11.9. The number of ether oxygens (including phenoxy) is 1. The number of nitrogens with one attached hydrogen (secondary N) is 2. The molecule has 2 heterocycles. The number of anilines is 1. The largest absolute Gasteiger partial charge is 0.444 e. The molecule has 2 N–H and O–H groups in total. The molecule has 1 amide bonds. The number of carbonyl (C=O) groups excluding carboxylic acids is 1. The Morgan fingerprint density at radius 1 is 1.29 bits per heavy atom. The van der Waals surface area contributed by atoms with E-state index in [-0.39, 0.29) is 11.7 Å². The smallest absolute Gasteiger partial charge is 0.407 e. The van der Waals surface area contributed by atoms with Gasteiger partial charge in [-0.2, -0.15) is 0 Å². The zero-order valence-corrected chi connectivity index (χ0v) is 21.4. The number of halogens is 1. The molecule has 7 nitrogen and oxygen atoms in total. The van der Waals surface area contributed by atoms with E-state index in [1.165, 1.54) is 0 Å². The molecule has 0 radical (unpaired) electrons. The molecule has 8 heteroatoms. The molecule has 2 aliphatic rings. The number of aryl methyl sites for hydroxylation is 1. The van der Waals surface area contributed by atoms with Crippen LogP contribution < -0.4 is 15.5 Å². The van der Waals surface area contributed by atoms with Crippen molar-refractivity contribution in [2.75, 3.05) is 31.2 Å². The summed E-state index contributed by atoms with van der Waals surface area (Å²) in [7, 11) is 0. The Morgan fingerprint density at radius 3 is 2.80 bits per heavy atom. The minimum Gasteiger partial charge on any atom is -0.444 e. The molecule has 1 fully saturated rings. The molecule has 2 aliphatic heterocycles. The van der Waals surface area contributed by atoms with Crippen LogP contribution in [-0.4, -0.2) is 43.1 Å². The van der Waals surface area contributed by atoms with Crippen LogP contribution in [0.15, 0.2) is 66.2 Å². The maximum atomic E-state index is 14.6. The van der Waals surface area contributed by atoms with Crippen LogP contribution in [0.2, 0.25) is 0 Å². The summed E-state index contributed by atoms with van der Waals surface area (Å²) in [5.74, 6) is 0.475. The SMILES string of the molecule is C=C1CC(CNC(=O)OC(C)(C)C)/C=C/C=C(ON2CCN(c3cccc(C)c3F)C2)\C=C(/C)N1. The highest BCUT2D eigenvalue weighted by molar-refractivity contribution is 5.67. The Hall–Kier alpha value is -3.26. The van der Waals surface area contributed by atoms with E-state index >= 15 is 0 Å². The summed E-state index contributed by atoms with van der Waals surface area (Å²) >= 11 is 0. The van der Waals surface area contributed by atoms with Crippen molar-refractivity contribution < 1.29 is 18.8 Å². The van der Waals surface area contributed by atoms with Gasteiger partial charge in [-0.1, -0.05) is 30.9 Å². The van der Waals surface area contributed by atoms with Gasteiger partial charge < -0.3 is 25.1 Å². The molecule has 1 aromatic carbocycles. The zero-order chi connectivity index (χ0) is 25.6. The second-order valence-corrected chi connectivity index (χ2v) is 9.97. The van der Waals surface area contributed by atoms with E-state index in [2.05, 4.69) is 17.2 Å². The van der Waals surface area contributed by atoms with E-state index in [9.17, 15) is 9.18 Å². The summed E-state index contributed by atoms with van der Waals surface area (Å²) in [5.41, 5.74) is 2.39. The van der Waals surface area contributed by atoms with Gasteiger partial charge in [0.15, 0.2) is 0 Å². The van der Waals surface area contributed by atoms with E-state index < -0.39 is 11.7 Å². The Kier molecular flexibility index (Phi) is 8.62. The fourth-order valence-corrected chi connectivity index (χ4v) is 3.91. The van der Waals surface area contributed by atoms with Crippen LogP contribution in [0, 0.1) is 18.7 Å². The summed E-state index contributed by atoms with van der Waals surface area (Å²) in [6.45, 7) is 15.5. The number of hydrogen-bond acceptors (Lipinski definition) is 6. The first-order chi connectivity index (χ1) is 16.5. The van der Waals surface area contributed by atoms with E-state index in [0.29, 0.717) is 49.7 Å². The van der Waals surface area contributed by atoms with Crippen LogP contribution in [-0.2, 0) is 9.57 Å². The number of benzene rings is 1. The zero-order valence-electron chi connectivity index (χ0n) is 21.4. The molecule has 0 spiro atoms. The quantitative estimate of drug-likeness (QED) is 0.604. The van der Waals surface area contributed by atoms with Crippen LogP contribution >= 0.6 is 0 Å². The first-order valence-electron chi connectivity index (χ1n) is 11.9. The molecular formula is C27H37FN4O3. The monoisotopic (exact) mass is 484 g/mol. The second kappa shape index (κ2) is 11.4. The van der Waals surface area contributed by atoms with Gasteiger partial charge in [0.05, 0.1) is 12.2 Å². The van der Waals surface area contributed by atoms with Gasteiger partial charge in [0.25, 0.3) is 0 Å². The molecule has 1 saturated heterocycles. The topological polar surface area (TPSA) is 66.1 Å². The van der Waals surface area contributed by atoms with Gasteiger partial charge in [0, 0.05) is 36.5 Å². The molecule has 0 saturated carbocycles. The van der Waals surface area contributed by atoms with E-state index in [1.54, 1.807) is 19.1 Å². The molecule has 35 heavy (non-hydrogen) atoms. The first kappa shape index (κ1) is 26.3. The summed E-state index contributed by atoms with van der Waals surface area (Å²) < 4.78 is 19.9. The standard InChI is InChI=1S/C27H37FN4O3/c1-19-9-7-12-24(25(19)28)31-13-14-32(18-31)35-23-11-8-10-22(15-20(2)30-21(3)16-23)17-29-26(33)34-27(4,5)6/h7-12,16,22,30H,2,13-15,17-18H2,1,3-6H3,(H,29,33)/b10-8+,21-16+,23-11+. The normalized spacial score (nSPS) is 23.4. The lowest BCUT2D eigenvalue weighted by molar-refractivity contribution is -0.0936. The molecular weight excluding hydrogens is 447 g/mol.